The molecule has 1 amide bonds. The van der Waals surface area contributed by atoms with Crippen molar-refractivity contribution in [2.45, 2.75) is 58.7 Å². The molecule has 3 rings (SSSR count). The maximum absolute atomic E-state index is 12.8. The van der Waals surface area contributed by atoms with E-state index in [1.165, 1.54) is 4.68 Å². The summed E-state index contributed by atoms with van der Waals surface area (Å²) < 4.78 is 8.40. The van der Waals surface area contributed by atoms with Crippen LogP contribution in [-0.2, 0) is 21.6 Å². The Hall–Kier alpha value is -2.22. The molecule has 8 heteroatoms. The number of carbonyl (C=O) groups is 1. The minimum atomic E-state index is -0.339. The van der Waals surface area contributed by atoms with Crippen LogP contribution in [0.2, 0.25) is 0 Å². The van der Waals surface area contributed by atoms with Gasteiger partial charge in [-0.15, -0.1) is 0 Å². The number of nitrogens with one attached hydrogen (secondary N) is 1. The fourth-order valence-corrected chi connectivity index (χ4v) is 3.06. The molecule has 0 bridgehead atoms. The predicted octanol–water partition coefficient (Wildman–Crippen LogP) is 0.952. The van der Waals surface area contributed by atoms with Gasteiger partial charge >= 0.3 is 0 Å². The monoisotopic (exact) mass is 347 g/mol. The molecule has 1 saturated heterocycles. The molecule has 0 aromatic carbocycles. The molecule has 1 aliphatic rings. The lowest BCUT2D eigenvalue weighted by Crippen LogP contribution is -2.38. The molecule has 0 radical (unpaired) electrons. The lowest BCUT2D eigenvalue weighted by molar-refractivity contribution is -0.122. The number of hydrogen-bond acceptors (Lipinski definition) is 5. The minimum absolute atomic E-state index is 0.0696. The average molecular weight is 347 g/mol. The van der Waals surface area contributed by atoms with Crippen molar-refractivity contribution >= 4 is 16.8 Å². The number of ether oxygens (including phenoxy) is 1. The first-order valence-corrected chi connectivity index (χ1v) is 8.61. The number of aryl methyl sites for hydroxylation is 1. The van der Waals surface area contributed by atoms with Crippen LogP contribution in [-0.4, -0.2) is 44.7 Å². The summed E-state index contributed by atoms with van der Waals surface area (Å²) in [6.07, 6.45) is 3.70. The van der Waals surface area contributed by atoms with Crippen LogP contribution in [0.25, 0.3) is 10.9 Å². The molecular formula is C17H25N5O3. The highest BCUT2D eigenvalue weighted by Crippen LogP contribution is 2.20. The lowest BCUT2D eigenvalue weighted by atomic mass is 10.1. The van der Waals surface area contributed by atoms with Crippen LogP contribution < -0.4 is 10.9 Å². The maximum atomic E-state index is 12.8. The van der Waals surface area contributed by atoms with E-state index in [0.29, 0.717) is 17.8 Å². The van der Waals surface area contributed by atoms with Crippen molar-refractivity contribution in [2.75, 3.05) is 13.2 Å². The number of aromatic nitrogens is 4. The standard InChI is InChI=1S/C17H25N5O3/c1-11-13-9-19-22(17(2,3)4)15(13)16(24)21(20-11)10-14(23)18-8-12-6-5-7-25-12/h9,12H,5-8,10H2,1-4H3,(H,18,23). The van der Waals surface area contributed by atoms with Crippen molar-refractivity contribution in [3.8, 4) is 0 Å². The van der Waals surface area contributed by atoms with E-state index in [4.69, 9.17) is 4.74 Å². The number of rotatable bonds is 4. The van der Waals surface area contributed by atoms with Gasteiger partial charge in [0, 0.05) is 18.5 Å². The van der Waals surface area contributed by atoms with Crippen LogP contribution >= 0.6 is 0 Å². The third-order valence-electron chi connectivity index (χ3n) is 4.35. The molecule has 0 saturated carbocycles. The van der Waals surface area contributed by atoms with Gasteiger partial charge < -0.3 is 10.1 Å². The summed E-state index contributed by atoms with van der Waals surface area (Å²) in [4.78, 5) is 25.0. The third-order valence-corrected chi connectivity index (χ3v) is 4.35. The highest BCUT2D eigenvalue weighted by molar-refractivity contribution is 5.80. The van der Waals surface area contributed by atoms with Crippen LogP contribution in [0.15, 0.2) is 11.0 Å². The van der Waals surface area contributed by atoms with Crippen LogP contribution in [0.4, 0.5) is 0 Å². The van der Waals surface area contributed by atoms with E-state index in [1.807, 2.05) is 27.7 Å². The molecule has 1 atom stereocenters. The van der Waals surface area contributed by atoms with Crippen LogP contribution in [0.1, 0.15) is 39.3 Å². The molecule has 0 aliphatic carbocycles. The zero-order chi connectivity index (χ0) is 18.2. The smallest absolute Gasteiger partial charge is 0.293 e. The molecule has 2 aromatic rings. The van der Waals surface area contributed by atoms with Gasteiger partial charge in [-0.05, 0) is 40.5 Å². The number of amides is 1. The van der Waals surface area contributed by atoms with Gasteiger partial charge in [0.1, 0.15) is 12.1 Å². The number of fused-ring (bicyclic) bond motifs is 1. The van der Waals surface area contributed by atoms with Gasteiger partial charge in [-0.1, -0.05) is 0 Å². The zero-order valence-corrected chi connectivity index (χ0v) is 15.2. The topological polar surface area (TPSA) is 91.0 Å². The summed E-state index contributed by atoms with van der Waals surface area (Å²) in [5, 5.41) is 12.2. The van der Waals surface area contributed by atoms with E-state index in [1.54, 1.807) is 10.9 Å². The van der Waals surface area contributed by atoms with Crippen molar-refractivity contribution in [3.05, 3.63) is 22.2 Å². The number of nitrogens with zero attached hydrogens (tertiary/aromatic N) is 4. The number of hydrogen-bond donors (Lipinski definition) is 1. The van der Waals surface area contributed by atoms with Crippen molar-refractivity contribution < 1.29 is 9.53 Å². The van der Waals surface area contributed by atoms with Crippen molar-refractivity contribution in [1.82, 2.24) is 24.9 Å². The Morgan fingerprint density at radius 2 is 2.20 bits per heavy atom. The van der Waals surface area contributed by atoms with Crippen LogP contribution in [0.5, 0.6) is 0 Å². The molecule has 136 valence electrons. The van der Waals surface area contributed by atoms with Gasteiger partial charge in [0.2, 0.25) is 5.91 Å². The second-order valence-corrected chi connectivity index (χ2v) is 7.48. The molecule has 1 aliphatic heterocycles. The van der Waals surface area contributed by atoms with E-state index in [-0.39, 0.29) is 29.7 Å². The summed E-state index contributed by atoms with van der Waals surface area (Å²) in [6.45, 7) is 8.85. The van der Waals surface area contributed by atoms with E-state index in [2.05, 4.69) is 15.5 Å². The Balaban J connectivity index is 1.85. The molecular weight excluding hydrogens is 322 g/mol. The first-order valence-electron chi connectivity index (χ1n) is 8.61. The molecule has 1 fully saturated rings. The summed E-state index contributed by atoms with van der Waals surface area (Å²) in [5.74, 6) is -0.245. The first kappa shape index (κ1) is 17.6. The number of carbonyl (C=O) groups excluding carboxylic acids is 1. The van der Waals surface area contributed by atoms with E-state index < -0.39 is 0 Å². The van der Waals surface area contributed by atoms with Crippen molar-refractivity contribution in [3.63, 3.8) is 0 Å². The first-order chi connectivity index (χ1) is 11.8. The van der Waals surface area contributed by atoms with Gasteiger partial charge in [-0.25, -0.2) is 4.68 Å². The fourth-order valence-electron chi connectivity index (χ4n) is 3.06. The Morgan fingerprint density at radius 3 is 2.84 bits per heavy atom. The summed E-state index contributed by atoms with van der Waals surface area (Å²) in [5.41, 5.74) is 0.512. The molecule has 8 nitrogen and oxygen atoms in total. The second kappa shape index (κ2) is 6.59. The van der Waals surface area contributed by atoms with Gasteiger partial charge in [0.15, 0.2) is 0 Å². The maximum Gasteiger partial charge on any atom is 0.293 e. The molecule has 1 N–H and O–H groups in total. The Labute approximate surface area is 146 Å². The minimum Gasteiger partial charge on any atom is -0.376 e. The molecule has 3 heterocycles. The molecule has 0 spiro atoms. The summed E-state index contributed by atoms with van der Waals surface area (Å²) >= 11 is 0. The normalized spacial score (nSPS) is 18.0. The van der Waals surface area contributed by atoms with Crippen LogP contribution in [0, 0.1) is 6.92 Å². The highest BCUT2D eigenvalue weighted by Gasteiger charge is 2.22. The predicted molar refractivity (Wildman–Crippen MR) is 93.5 cm³/mol. The zero-order valence-electron chi connectivity index (χ0n) is 15.2. The van der Waals surface area contributed by atoms with Gasteiger partial charge in [0.05, 0.1) is 23.5 Å². The quantitative estimate of drug-likeness (QED) is 0.889. The fraction of sp³-hybridized carbons (Fsp3) is 0.647. The molecule has 2 aromatic heterocycles. The van der Waals surface area contributed by atoms with E-state index in [0.717, 1.165) is 24.8 Å². The summed E-state index contributed by atoms with van der Waals surface area (Å²) in [7, 11) is 0. The SMILES string of the molecule is Cc1nn(CC(=O)NCC2CCCO2)c(=O)c2c1cnn2C(C)(C)C. The second-order valence-electron chi connectivity index (χ2n) is 7.48. The Morgan fingerprint density at radius 1 is 1.44 bits per heavy atom. The third kappa shape index (κ3) is 3.58. The van der Waals surface area contributed by atoms with E-state index >= 15 is 0 Å². The average Bonchev–Trinajstić information content (AvgIpc) is 3.19. The van der Waals surface area contributed by atoms with Gasteiger partial charge in [0.25, 0.3) is 5.56 Å². The Kier molecular flexibility index (Phi) is 4.64. The van der Waals surface area contributed by atoms with Gasteiger partial charge in [-0.3, -0.25) is 14.3 Å². The van der Waals surface area contributed by atoms with Crippen LogP contribution in [0.3, 0.4) is 0 Å². The van der Waals surface area contributed by atoms with E-state index in [9.17, 15) is 9.59 Å². The van der Waals surface area contributed by atoms with Crippen molar-refractivity contribution in [1.29, 1.82) is 0 Å². The van der Waals surface area contributed by atoms with Crippen molar-refractivity contribution in [2.24, 2.45) is 0 Å². The molecule has 1 unspecified atom stereocenters. The highest BCUT2D eigenvalue weighted by atomic mass is 16.5. The van der Waals surface area contributed by atoms with Gasteiger partial charge in [-0.2, -0.15) is 10.2 Å². The summed E-state index contributed by atoms with van der Waals surface area (Å²) in [6, 6.07) is 0. The molecule has 25 heavy (non-hydrogen) atoms. The largest absolute Gasteiger partial charge is 0.376 e. The Bertz CT molecular complexity index is 840. The lowest BCUT2D eigenvalue weighted by Gasteiger charge is -2.20.